The van der Waals surface area contributed by atoms with Crippen molar-refractivity contribution in [1.82, 2.24) is 4.72 Å². The first-order chi connectivity index (χ1) is 13.2. The molecule has 28 heavy (non-hydrogen) atoms. The zero-order chi connectivity index (χ0) is 20.1. The van der Waals surface area contributed by atoms with Crippen LogP contribution in [0.4, 0.5) is 5.69 Å². The summed E-state index contributed by atoms with van der Waals surface area (Å²) in [7, 11) is -4.04. The van der Waals surface area contributed by atoms with Gasteiger partial charge in [-0.3, -0.25) is 0 Å². The summed E-state index contributed by atoms with van der Waals surface area (Å²) >= 11 is 0. The summed E-state index contributed by atoms with van der Waals surface area (Å²) in [5.74, 6) is -1.86. The van der Waals surface area contributed by atoms with Gasteiger partial charge in [0.2, 0.25) is 5.88 Å². The molecular weight excluding hydrogens is 384 g/mol. The standard InChI is InChI=1S/C19H14N2O6S/c22-17-9-13-5-4-12(11-2-1-3-14(6-11)19(24)25)7-15(13)8-16(17)21-10-18(23)20-28(21,26)27/h1-10,20,22-23H,(H,24,25). The molecule has 0 amide bonds. The number of anilines is 1. The van der Waals surface area contributed by atoms with Crippen LogP contribution in [0.25, 0.3) is 21.9 Å². The van der Waals surface area contributed by atoms with Crippen LogP contribution in [0, 0.1) is 0 Å². The van der Waals surface area contributed by atoms with Gasteiger partial charge >= 0.3 is 16.2 Å². The van der Waals surface area contributed by atoms with Crippen molar-refractivity contribution in [3.63, 3.8) is 0 Å². The van der Waals surface area contributed by atoms with Gasteiger partial charge in [-0.25, -0.2) is 13.8 Å². The smallest absolute Gasteiger partial charge is 0.335 e. The van der Waals surface area contributed by atoms with E-state index >= 15 is 0 Å². The van der Waals surface area contributed by atoms with Gasteiger partial charge in [-0.05, 0) is 52.2 Å². The van der Waals surface area contributed by atoms with Gasteiger partial charge in [0.05, 0.1) is 11.8 Å². The van der Waals surface area contributed by atoms with Crippen molar-refractivity contribution in [3.05, 3.63) is 72.2 Å². The Kier molecular flexibility index (Phi) is 3.90. The minimum absolute atomic E-state index is 0.0273. The average Bonchev–Trinajstić information content (AvgIpc) is 2.92. The Labute approximate surface area is 159 Å². The SMILES string of the molecule is O=C(O)c1cccc(-c2ccc3cc(O)c(N4C=C(O)NS4(=O)=O)cc3c2)c1. The molecule has 0 saturated carbocycles. The van der Waals surface area contributed by atoms with Crippen molar-refractivity contribution >= 4 is 32.6 Å². The highest BCUT2D eigenvalue weighted by atomic mass is 32.2. The van der Waals surface area contributed by atoms with Crippen LogP contribution >= 0.6 is 0 Å². The van der Waals surface area contributed by atoms with Crippen molar-refractivity contribution in [3.8, 4) is 16.9 Å². The molecule has 1 aliphatic rings. The lowest BCUT2D eigenvalue weighted by Gasteiger charge is -2.16. The van der Waals surface area contributed by atoms with Crippen LogP contribution in [-0.4, -0.2) is 29.7 Å². The van der Waals surface area contributed by atoms with Crippen LogP contribution in [0.15, 0.2) is 66.7 Å². The van der Waals surface area contributed by atoms with E-state index in [1.165, 1.54) is 18.2 Å². The van der Waals surface area contributed by atoms with Crippen LogP contribution in [0.3, 0.4) is 0 Å². The van der Waals surface area contributed by atoms with Crippen molar-refractivity contribution in [2.24, 2.45) is 0 Å². The van der Waals surface area contributed by atoms with Gasteiger partial charge in [0, 0.05) is 0 Å². The average molecular weight is 398 g/mol. The molecule has 0 aliphatic carbocycles. The number of aliphatic hydroxyl groups is 1. The van der Waals surface area contributed by atoms with Gasteiger partial charge in [0.1, 0.15) is 11.4 Å². The molecule has 0 spiro atoms. The number of nitrogens with zero attached hydrogens (tertiary/aromatic N) is 1. The van der Waals surface area contributed by atoms with Crippen LogP contribution < -0.4 is 9.03 Å². The van der Waals surface area contributed by atoms with Crippen molar-refractivity contribution < 1.29 is 28.5 Å². The Bertz CT molecular complexity index is 1270. The quantitative estimate of drug-likeness (QED) is 0.537. The lowest BCUT2D eigenvalue weighted by Crippen LogP contribution is -2.29. The highest BCUT2D eigenvalue weighted by Crippen LogP contribution is 2.37. The minimum atomic E-state index is -4.04. The Morgan fingerprint density at radius 3 is 2.36 bits per heavy atom. The molecule has 4 rings (SSSR count). The molecule has 1 aliphatic heterocycles. The molecule has 3 aromatic rings. The molecule has 9 heteroatoms. The van der Waals surface area contributed by atoms with Gasteiger partial charge < -0.3 is 15.3 Å². The maximum Gasteiger partial charge on any atom is 0.335 e. The molecule has 3 aromatic carbocycles. The number of phenolic OH excluding ortho intramolecular Hbond substituents is 1. The molecule has 0 radical (unpaired) electrons. The van der Waals surface area contributed by atoms with E-state index in [1.54, 1.807) is 36.4 Å². The zero-order valence-corrected chi connectivity index (χ0v) is 15.0. The monoisotopic (exact) mass is 398 g/mol. The molecule has 0 fully saturated rings. The second kappa shape index (κ2) is 6.17. The summed E-state index contributed by atoms with van der Waals surface area (Å²) in [5, 5.41) is 30.2. The van der Waals surface area contributed by atoms with Crippen LogP contribution in [0.1, 0.15) is 10.4 Å². The fourth-order valence-electron chi connectivity index (χ4n) is 3.05. The zero-order valence-electron chi connectivity index (χ0n) is 14.2. The molecule has 8 nitrogen and oxygen atoms in total. The largest absolute Gasteiger partial charge is 0.506 e. The van der Waals surface area contributed by atoms with E-state index in [2.05, 4.69) is 0 Å². The van der Waals surface area contributed by atoms with Crippen LogP contribution in [0.5, 0.6) is 5.75 Å². The number of fused-ring (bicyclic) bond motifs is 1. The number of nitrogens with one attached hydrogen (secondary N) is 1. The molecule has 142 valence electrons. The van der Waals surface area contributed by atoms with E-state index in [9.17, 15) is 23.4 Å². The number of aromatic hydroxyl groups is 1. The van der Waals surface area contributed by atoms with Gasteiger partial charge in [0.15, 0.2) is 0 Å². The first-order valence-corrected chi connectivity index (χ1v) is 9.52. The summed E-state index contributed by atoms with van der Waals surface area (Å²) in [4.78, 5) is 11.2. The van der Waals surface area contributed by atoms with E-state index in [-0.39, 0.29) is 17.0 Å². The molecular formula is C19H14N2O6S. The molecule has 0 saturated heterocycles. The number of phenols is 1. The molecule has 0 atom stereocenters. The molecule has 0 bridgehead atoms. The third-order valence-corrected chi connectivity index (χ3v) is 5.63. The Balaban J connectivity index is 1.85. The summed E-state index contributed by atoms with van der Waals surface area (Å²) in [5.41, 5.74) is 1.54. The van der Waals surface area contributed by atoms with Gasteiger partial charge in [-0.15, -0.1) is 0 Å². The summed E-state index contributed by atoms with van der Waals surface area (Å²) in [6, 6.07) is 14.6. The van der Waals surface area contributed by atoms with E-state index < -0.39 is 22.1 Å². The Hall–Kier alpha value is -3.72. The highest BCUT2D eigenvalue weighted by Gasteiger charge is 2.30. The summed E-state index contributed by atoms with van der Waals surface area (Å²) in [6.45, 7) is 0. The molecule has 4 N–H and O–H groups in total. The summed E-state index contributed by atoms with van der Waals surface area (Å²) < 4.78 is 26.8. The lowest BCUT2D eigenvalue weighted by molar-refractivity contribution is 0.0697. The topological polar surface area (TPSA) is 127 Å². The van der Waals surface area contributed by atoms with Crippen LogP contribution in [-0.2, 0) is 10.2 Å². The highest BCUT2D eigenvalue weighted by molar-refractivity contribution is 7.91. The maximum atomic E-state index is 12.1. The van der Waals surface area contributed by atoms with Crippen molar-refractivity contribution in [2.45, 2.75) is 0 Å². The maximum absolute atomic E-state index is 12.1. The van der Waals surface area contributed by atoms with Gasteiger partial charge in [0.25, 0.3) is 0 Å². The number of aromatic carboxylic acids is 1. The fraction of sp³-hybridized carbons (Fsp3) is 0. The van der Waals surface area contributed by atoms with Crippen molar-refractivity contribution in [2.75, 3.05) is 4.31 Å². The predicted octanol–water partition coefficient (Wildman–Crippen LogP) is 2.92. The first-order valence-electron chi connectivity index (χ1n) is 8.08. The van der Waals surface area contributed by atoms with E-state index in [1.807, 2.05) is 4.72 Å². The third-order valence-electron chi connectivity index (χ3n) is 4.35. The number of hydrogen-bond donors (Lipinski definition) is 4. The first kappa shape index (κ1) is 17.7. The third kappa shape index (κ3) is 2.97. The van der Waals surface area contributed by atoms with Crippen molar-refractivity contribution in [1.29, 1.82) is 0 Å². The van der Waals surface area contributed by atoms with E-state index in [0.29, 0.717) is 16.3 Å². The van der Waals surface area contributed by atoms with Crippen LogP contribution in [0.2, 0.25) is 0 Å². The second-order valence-corrected chi connectivity index (χ2v) is 7.75. The number of hydrogen-bond acceptors (Lipinski definition) is 5. The number of carboxylic acids is 1. The number of aliphatic hydroxyl groups excluding tert-OH is 1. The Morgan fingerprint density at radius 1 is 0.929 bits per heavy atom. The van der Waals surface area contributed by atoms with E-state index in [4.69, 9.17) is 5.11 Å². The second-order valence-electron chi connectivity index (χ2n) is 6.21. The lowest BCUT2D eigenvalue weighted by atomic mass is 9.99. The Morgan fingerprint density at radius 2 is 1.68 bits per heavy atom. The minimum Gasteiger partial charge on any atom is -0.506 e. The van der Waals surface area contributed by atoms with Gasteiger partial charge in [-0.2, -0.15) is 8.42 Å². The van der Waals surface area contributed by atoms with Gasteiger partial charge in [-0.1, -0.05) is 24.3 Å². The molecule has 1 heterocycles. The number of rotatable bonds is 3. The number of carbonyl (C=O) groups is 1. The van der Waals surface area contributed by atoms with E-state index in [0.717, 1.165) is 16.1 Å². The molecule has 0 unspecified atom stereocenters. The predicted molar refractivity (Wildman–Crippen MR) is 103 cm³/mol. The molecule has 0 aromatic heterocycles. The number of benzene rings is 3. The summed E-state index contributed by atoms with van der Waals surface area (Å²) in [6.07, 6.45) is 0.955. The fourth-order valence-corrected chi connectivity index (χ4v) is 4.11. The normalized spacial score (nSPS) is 15.3. The number of carboxylic acid groups (broad SMARTS) is 1.